The summed E-state index contributed by atoms with van der Waals surface area (Å²) in [6.45, 7) is 0. The summed E-state index contributed by atoms with van der Waals surface area (Å²) >= 11 is 11.7. The molecule has 142 valence electrons. The van der Waals surface area contributed by atoms with Gasteiger partial charge in [-0.3, -0.25) is 10.2 Å². The predicted octanol–water partition coefficient (Wildman–Crippen LogP) is 2.44. The molecule has 0 saturated heterocycles. The van der Waals surface area contributed by atoms with Gasteiger partial charge in [-0.1, -0.05) is 23.2 Å². The molecule has 6 nitrogen and oxygen atoms in total. The van der Waals surface area contributed by atoms with Crippen molar-refractivity contribution < 1.29 is 26.4 Å². The van der Waals surface area contributed by atoms with Gasteiger partial charge in [0.2, 0.25) is 10.0 Å². The number of alkyl halides is 3. The van der Waals surface area contributed by atoms with Crippen LogP contribution < -0.4 is 16.4 Å². The first-order valence-corrected chi connectivity index (χ1v) is 9.12. The van der Waals surface area contributed by atoms with Crippen LogP contribution >= 0.6 is 23.2 Å². The fourth-order valence-corrected chi connectivity index (χ4v) is 3.85. The van der Waals surface area contributed by atoms with Crippen LogP contribution in [0.15, 0.2) is 40.3 Å². The molecule has 0 spiro atoms. The van der Waals surface area contributed by atoms with Crippen LogP contribution in [0.1, 0.15) is 22.3 Å². The van der Waals surface area contributed by atoms with Crippen LogP contribution in [0, 0.1) is 0 Å². The number of carbonyl (C=O) groups excluding carboxylic acids is 1. The van der Waals surface area contributed by atoms with Crippen LogP contribution in [0.2, 0.25) is 5.02 Å². The molecule has 0 heterocycles. The van der Waals surface area contributed by atoms with Crippen LogP contribution in [0.5, 0.6) is 0 Å². The zero-order valence-corrected chi connectivity index (χ0v) is 15.1. The number of nitrogens with one attached hydrogen (secondary N) is 1. The molecule has 12 heteroatoms. The molecule has 0 aliphatic heterocycles. The summed E-state index contributed by atoms with van der Waals surface area (Å²) in [5.41, 5.74) is -2.41. The summed E-state index contributed by atoms with van der Waals surface area (Å²) in [5, 5.41) is 4.13. The second kappa shape index (κ2) is 6.86. The van der Waals surface area contributed by atoms with Gasteiger partial charge in [-0.25, -0.2) is 19.4 Å². The maximum Gasteiger partial charge on any atom is 0.403 e. The van der Waals surface area contributed by atoms with Crippen molar-refractivity contribution in [1.82, 2.24) is 5.43 Å². The number of benzene rings is 1. The molecule has 26 heavy (non-hydrogen) atoms. The molecule has 1 amide bonds. The third-order valence-electron chi connectivity index (χ3n) is 3.93. The van der Waals surface area contributed by atoms with Crippen molar-refractivity contribution in [2.24, 2.45) is 11.0 Å². The molecular formula is C14H12Cl2F3N3O3S. The topological polar surface area (TPSA) is 115 Å². The van der Waals surface area contributed by atoms with Crippen molar-refractivity contribution in [3.8, 4) is 0 Å². The Hall–Kier alpha value is -1.59. The number of amides is 1. The number of rotatable bonds is 3. The molecule has 1 aromatic carbocycles. The number of primary sulfonamides is 1. The zero-order valence-electron chi connectivity index (χ0n) is 12.8. The van der Waals surface area contributed by atoms with Crippen LogP contribution in [-0.2, 0) is 15.4 Å². The van der Waals surface area contributed by atoms with E-state index in [2.05, 4.69) is 0 Å². The molecule has 0 saturated carbocycles. The van der Waals surface area contributed by atoms with Crippen molar-refractivity contribution >= 4 is 39.1 Å². The third kappa shape index (κ3) is 3.47. The molecule has 0 fully saturated rings. The van der Waals surface area contributed by atoms with Crippen LogP contribution in [0.3, 0.4) is 0 Å². The van der Waals surface area contributed by atoms with Gasteiger partial charge in [0.15, 0.2) is 0 Å². The Bertz CT molecular complexity index is 929. The average molecular weight is 430 g/mol. The van der Waals surface area contributed by atoms with E-state index >= 15 is 0 Å². The Morgan fingerprint density at radius 3 is 2.35 bits per heavy atom. The van der Waals surface area contributed by atoms with E-state index in [-0.39, 0.29) is 5.02 Å². The molecular weight excluding hydrogens is 418 g/mol. The second-order valence-corrected chi connectivity index (χ2v) is 7.89. The summed E-state index contributed by atoms with van der Waals surface area (Å²) in [4.78, 5) is 11.3. The minimum Gasteiger partial charge on any atom is -0.290 e. The first-order chi connectivity index (χ1) is 11.8. The Labute approximate surface area is 156 Å². The van der Waals surface area contributed by atoms with Crippen molar-refractivity contribution in [1.29, 1.82) is 0 Å². The quantitative estimate of drug-likeness (QED) is 0.388. The van der Waals surface area contributed by atoms with Gasteiger partial charge in [0, 0.05) is 22.0 Å². The molecule has 0 aromatic heterocycles. The van der Waals surface area contributed by atoms with Gasteiger partial charge in [-0.05, 0) is 35.9 Å². The Balaban J connectivity index is 2.88. The molecule has 1 aliphatic rings. The number of hydrogen-bond acceptors (Lipinski definition) is 4. The molecule has 0 radical (unpaired) electrons. The van der Waals surface area contributed by atoms with Crippen molar-refractivity contribution in [3.05, 3.63) is 56.4 Å². The Morgan fingerprint density at radius 1 is 1.23 bits per heavy atom. The van der Waals surface area contributed by atoms with Gasteiger partial charge >= 0.3 is 6.18 Å². The van der Waals surface area contributed by atoms with Gasteiger partial charge in [0.05, 0.1) is 4.91 Å². The van der Waals surface area contributed by atoms with Crippen LogP contribution in [0.4, 0.5) is 13.2 Å². The van der Waals surface area contributed by atoms with E-state index in [1.165, 1.54) is 6.07 Å². The van der Waals surface area contributed by atoms with E-state index in [0.717, 1.165) is 24.3 Å². The molecule has 5 N–H and O–H groups in total. The highest BCUT2D eigenvalue weighted by Gasteiger charge is 2.60. The number of hydrogen-bond donors (Lipinski definition) is 3. The van der Waals surface area contributed by atoms with E-state index in [4.69, 9.17) is 34.2 Å². The minimum absolute atomic E-state index is 0.117. The standard InChI is InChI=1S/C14H12Cl2F3N3O3S/c15-7-1-3-9(12(23)22-20)10(5-7)13(14(17,18)19)6-8(26(21,24)25)2-4-11(13)16/h1-5H,6,20H2,(H,22,23)(H2,21,24,25). The van der Waals surface area contributed by atoms with Gasteiger partial charge in [-0.15, -0.1) is 0 Å². The number of nitrogen functional groups attached to an aromatic ring is 1. The second-order valence-electron chi connectivity index (χ2n) is 5.44. The summed E-state index contributed by atoms with van der Waals surface area (Å²) in [5.74, 6) is 4.00. The van der Waals surface area contributed by atoms with E-state index in [1.807, 2.05) is 0 Å². The average Bonchev–Trinajstić information content (AvgIpc) is 2.52. The van der Waals surface area contributed by atoms with Crippen LogP contribution in [-0.4, -0.2) is 20.5 Å². The highest BCUT2D eigenvalue weighted by molar-refractivity contribution is 7.93. The van der Waals surface area contributed by atoms with Gasteiger partial charge in [0.25, 0.3) is 5.91 Å². The summed E-state index contributed by atoms with van der Waals surface area (Å²) in [6, 6.07) is 3.12. The van der Waals surface area contributed by atoms with Gasteiger partial charge < -0.3 is 0 Å². The number of carbonyl (C=O) groups is 1. The van der Waals surface area contributed by atoms with Gasteiger partial charge in [0.1, 0.15) is 5.41 Å². The van der Waals surface area contributed by atoms with Crippen molar-refractivity contribution in [2.45, 2.75) is 18.0 Å². The summed E-state index contributed by atoms with van der Waals surface area (Å²) in [6.07, 6.45) is -4.55. The Kier molecular flexibility index (Phi) is 5.46. The number of hydrazine groups is 1. The molecule has 0 bridgehead atoms. The first-order valence-electron chi connectivity index (χ1n) is 6.82. The molecule has 2 rings (SSSR count). The van der Waals surface area contributed by atoms with E-state index < -0.39 is 55.0 Å². The van der Waals surface area contributed by atoms with Crippen molar-refractivity contribution in [2.75, 3.05) is 0 Å². The fraction of sp³-hybridized carbons (Fsp3) is 0.214. The van der Waals surface area contributed by atoms with Crippen molar-refractivity contribution in [3.63, 3.8) is 0 Å². The van der Waals surface area contributed by atoms with Gasteiger partial charge in [-0.2, -0.15) is 13.2 Å². The normalized spacial score (nSPS) is 21.0. The lowest BCUT2D eigenvalue weighted by Crippen LogP contribution is -2.47. The SMILES string of the molecule is NNC(=O)c1ccc(Cl)cc1C1(C(F)(F)F)CC(S(N)(=O)=O)=CC=C1Cl. The monoisotopic (exact) mass is 429 g/mol. The number of nitrogens with two attached hydrogens (primary N) is 2. The summed E-state index contributed by atoms with van der Waals surface area (Å²) in [7, 11) is -4.44. The molecule has 1 aliphatic carbocycles. The summed E-state index contributed by atoms with van der Waals surface area (Å²) < 4.78 is 65.8. The first kappa shape index (κ1) is 20.7. The number of sulfonamides is 1. The zero-order chi connectivity index (χ0) is 19.9. The number of halogens is 5. The fourth-order valence-electron chi connectivity index (χ4n) is 2.67. The highest BCUT2D eigenvalue weighted by atomic mass is 35.5. The third-order valence-corrected chi connectivity index (χ3v) is 5.62. The van der Waals surface area contributed by atoms with Crippen LogP contribution in [0.25, 0.3) is 0 Å². The number of allylic oxidation sites excluding steroid dienone is 4. The lowest BCUT2D eigenvalue weighted by molar-refractivity contribution is -0.177. The van der Waals surface area contributed by atoms with E-state index in [1.54, 1.807) is 5.43 Å². The van der Waals surface area contributed by atoms with E-state index in [9.17, 15) is 26.4 Å². The Morgan fingerprint density at radius 2 is 1.85 bits per heavy atom. The maximum absolute atomic E-state index is 14.2. The largest absolute Gasteiger partial charge is 0.403 e. The minimum atomic E-state index is -5.08. The molecule has 1 atom stereocenters. The maximum atomic E-state index is 14.2. The van der Waals surface area contributed by atoms with E-state index in [0.29, 0.717) is 0 Å². The molecule has 1 unspecified atom stereocenters. The molecule has 1 aromatic rings. The predicted molar refractivity (Wildman–Crippen MR) is 90.6 cm³/mol. The lowest BCUT2D eigenvalue weighted by atomic mass is 9.72. The lowest BCUT2D eigenvalue weighted by Gasteiger charge is -2.39. The highest BCUT2D eigenvalue weighted by Crippen LogP contribution is 2.55. The smallest absolute Gasteiger partial charge is 0.290 e.